The molecule has 0 fully saturated rings. The first kappa shape index (κ1) is 16.4. The van der Waals surface area contributed by atoms with Gasteiger partial charge >= 0.3 is 0 Å². The predicted octanol–water partition coefficient (Wildman–Crippen LogP) is 3.92. The van der Waals surface area contributed by atoms with E-state index in [1.54, 1.807) is 48.7 Å². The molecule has 0 bridgehead atoms. The number of aromatic amines is 1. The van der Waals surface area contributed by atoms with E-state index in [9.17, 15) is 8.42 Å². The zero-order valence-corrected chi connectivity index (χ0v) is 14.5. The highest BCUT2D eigenvalue weighted by atomic mass is 32.2. The van der Waals surface area contributed by atoms with Gasteiger partial charge in [-0.25, -0.2) is 13.4 Å². The van der Waals surface area contributed by atoms with E-state index in [0.29, 0.717) is 10.5 Å². The van der Waals surface area contributed by atoms with Gasteiger partial charge in [-0.1, -0.05) is 29.8 Å². The number of aryl methyl sites for hydroxylation is 1. The third-order valence-corrected chi connectivity index (χ3v) is 5.06. The summed E-state index contributed by atoms with van der Waals surface area (Å²) in [4.78, 5) is 7.16. The molecule has 1 heterocycles. The average molecular weight is 357 g/mol. The molecule has 0 amide bonds. The Labute approximate surface area is 145 Å². The van der Waals surface area contributed by atoms with Crippen LogP contribution in [0.5, 0.6) is 0 Å². The maximum atomic E-state index is 12.4. The van der Waals surface area contributed by atoms with Gasteiger partial charge in [0, 0.05) is 17.6 Å². The van der Waals surface area contributed by atoms with E-state index in [0.717, 1.165) is 16.8 Å². The normalized spacial score (nSPS) is 11.2. The first-order valence-electron chi connectivity index (χ1n) is 7.19. The molecule has 0 spiro atoms. The van der Waals surface area contributed by atoms with Crippen molar-refractivity contribution in [2.24, 2.45) is 0 Å². The maximum Gasteiger partial charge on any atom is 0.261 e. The summed E-state index contributed by atoms with van der Waals surface area (Å²) in [6.45, 7) is 1.91. The van der Waals surface area contributed by atoms with Crippen molar-refractivity contribution in [2.75, 3.05) is 4.72 Å². The standard InChI is InChI=1S/C17H15N3O2S2/c1-12-2-8-15(9-3-12)24(21,22)20-14-6-4-13(5-7-14)16-10-11-18-17(23)19-16/h2-11,20H,1H3,(H,18,19,23). The molecule has 0 unspecified atom stereocenters. The van der Waals surface area contributed by atoms with Crippen LogP contribution in [-0.4, -0.2) is 18.4 Å². The summed E-state index contributed by atoms with van der Waals surface area (Å²) in [5, 5.41) is 0. The fraction of sp³-hybridized carbons (Fsp3) is 0.0588. The van der Waals surface area contributed by atoms with Crippen LogP contribution in [0, 0.1) is 11.7 Å². The Morgan fingerprint density at radius 2 is 1.67 bits per heavy atom. The lowest BCUT2D eigenvalue weighted by Gasteiger charge is -2.09. The Kier molecular flexibility index (Phi) is 4.46. The zero-order chi connectivity index (χ0) is 17.2. The first-order chi connectivity index (χ1) is 11.4. The maximum absolute atomic E-state index is 12.4. The summed E-state index contributed by atoms with van der Waals surface area (Å²) in [6, 6.07) is 15.6. The average Bonchev–Trinajstić information content (AvgIpc) is 2.55. The molecule has 3 rings (SSSR count). The largest absolute Gasteiger partial charge is 0.330 e. The molecule has 1 aromatic heterocycles. The van der Waals surface area contributed by atoms with Crippen LogP contribution in [-0.2, 0) is 10.0 Å². The number of sulfonamides is 1. The molecule has 24 heavy (non-hydrogen) atoms. The zero-order valence-electron chi connectivity index (χ0n) is 12.9. The molecule has 0 saturated heterocycles. The number of H-pyrrole nitrogens is 1. The summed E-state index contributed by atoms with van der Waals surface area (Å²) in [6.07, 6.45) is 1.63. The monoisotopic (exact) mass is 357 g/mol. The second-order valence-electron chi connectivity index (χ2n) is 5.28. The highest BCUT2D eigenvalue weighted by Gasteiger charge is 2.13. The predicted molar refractivity (Wildman–Crippen MR) is 96.8 cm³/mol. The molecule has 0 aliphatic carbocycles. The summed E-state index contributed by atoms with van der Waals surface area (Å²) < 4.78 is 27.7. The van der Waals surface area contributed by atoms with Crippen molar-refractivity contribution in [3.8, 4) is 11.3 Å². The van der Waals surface area contributed by atoms with Crippen LogP contribution in [0.3, 0.4) is 0 Å². The molecular formula is C17H15N3O2S2. The Bertz CT molecular complexity index is 1010. The highest BCUT2D eigenvalue weighted by molar-refractivity contribution is 7.92. The van der Waals surface area contributed by atoms with Gasteiger partial charge in [0.1, 0.15) is 0 Å². The first-order valence-corrected chi connectivity index (χ1v) is 9.08. The van der Waals surface area contributed by atoms with Crippen molar-refractivity contribution in [3.63, 3.8) is 0 Å². The van der Waals surface area contributed by atoms with Crippen molar-refractivity contribution in [1.82, 2.24) is 9.97 Å². The fourth-order valence-corrected chi connectivity index (χ4v) is 3.42. The number of hydrogen-bond acceptors (Lipinski definition) is 4. The molecule has 0 atom stereocenters. The third kappa shape index (κ3) is 3.69. The Morgan fingerprint density at radius 3 is 2.29 bits per heavy atom. The SMILES string of the molecule is Cc1ccc(S(=O)(=O)Nc2ccc(-c3ccnc(=S)[nH]3)cc2)cc1. The molecule has 2 N–H and O–H groups in total. The minimum Gasteiger partial charge on any atom is -0.330 e. The quantitative estimate of drug-likeness (QED) is 0.694. The smallest absolute Gasteiger partial charge is 0.261 e. The van der Waals surface area contributed by atoms with Crippen molar-refractivity contribution in [3.05, 3.63) is 71.1 Å². The van der Waals surface area contributed by atoms with Crippen molar-refractivity contribution in [2.45, 2.75) is 11.8 Å². The fourth-order valence-electron chi connectivity index (χ4n) is 2.19. The van der Waals surface area contributed by atoms with Gasteiger partial charge in [-0.05, 0) is 55.0 Å². The number of anilines is 1. The molecule has 2 aromatic carbocycles. The summed E-state index contributed by atoms with van der Waals surface area (Å²) in [5.74, 6) is 0. The minimum atomic E-state index is -3.60. The number of benzene rings is 2. The van der Waals surface area contributed by atoms with Crippen LogP contribution in [0.4, 0.5) is 5.69 Å². The number of nitrogens with zero attached hydrogens (tertiary/aromatic N) is 1. The molecule has 0 aliphatic rings. The van der Waals surface area contributed by atoms with Gasteiger partial charge in [-0.3, -0.25) is 4.72 Å². The topological polar surface area (TPSA) is 74.8 Å². The molecule has 0 saturated carbocycles. The molecule has 0 radical (unpaired) electrons. The Hall–Kier alpha value is -2.51. The van der Waals surface area contributed by atoms with E-state index in [2.05, 4.69) is 14.7 Å². The summed E-state index contributed by atoms with van der Waals surface area (Å²) in [5.41, 5.74) is 3.21. The van der Waals surface area contributed by atoms with Crippen LogP contribution in [0.1, 0.15) is 5.56 Å². The molecular weight excluding hydrogens is 342 g/mol. The van der Waals surface area contributed by atoms with E-state index in [1.807, 2.05) is 19.1 Å². The van der Waals surface area contributed by atoms with Crippen LogP contribution in [0.2, 0.25) is 0 Å². The lowest BCUT2D eigenvalue weighted by atomic mass is 10.1. The van der Waals surface area contributed by atoms with E-state index in [4.69, 9.17) is 12.2 Å². The molecule has 5 nitrogen and oxygen atoms in total. The van der Waals surface area contributed by atoms with Gasteiger partial charge in [0.25, 0.3) is 10.0 Å². The second kappa shape index (κ2) is 6.54. The summed E-state index contributed by atoms with van der Waals surface area (Å²) >= 11 is 5.00. The van der Waals surface area contributed by atoms with Crippen LogP contribution < -0.4 is 4.72 Å². The van der Waals surface area contributed by atoms with Crippen molar-refractivity contribution in [1.29, 1.82) is 0 Å². The van der Waals surface area contributed by atoms with E-state index in [-0.39, 0.29) is 4.90 Å². The van der Waals surface area contributed by atoms with Gasteiger partial charge in [0.2, 0.25) is 0 Å². The number of hydrogen-bond donors (Lipinski definition) is 2. The van der Waals surface area contributed by atoms with Crippen LogP contribution >= 0.6 is 12.2 Å². The van der Waals surface area contributed by atoms with E-state index >= 15 is 0 Å². The van der Waals surface area contributed by atoms with Gasteiger partial charge in [0.05, 0.1) is 4.90 Å². The van der Waals surface area contributed by atoms with Gasteiger partial charge in [-0.2, -0.15) is 0 Å². The number of rotatable bonds is 4. The number of nitrogens with one attached hydrogen (secondary N) is 2. The van der Waals surface area contributed by atoms with Crippen LogP contribution in [0.15, 0.2) is 65.7 Å². The van der Waals surface area contributed by atoms with E-state index in [1.165, 1.54) is 0 Å². The van der Waals surface area contributed by atoms with Crippen LogP contribution in [0.25, 0.3) is 11.3 Å². The van der Waals surface area contributed by atoms with Gasteiger partial charge in [0.15, 0.2) is 4.77 Å². The van der Waals surface area contributed by atoms with Gasteiger partial charge < -0.3 is 4.98 Å². The van der Waals surface area contributed by atoms with E-state index < -0.39 is 10.0 Å². The lowest BCUT2D eigenvalue weighted by Crippen LogP contribution is -2.12. The van der Waals surface area contributed by atoms with Crippen molar-refractivity contribution >= 4 is 27.9 Å². The van der Waals surface area contributed by atoms with Gasteiger partial charge in [-0.15, -0.1) is 0 Å². The summed E-state index contributed by atoms with van der Waals surface area (Å²) in [7, 11) is -3.60. The molecule has 122 valence electrons. The third-order valence-electron chi connectivity index (χ3n) is 3.45. The molecule has 7 heteroatoms. The highest BCUT2D eigenvalue weighted by Crippen LogP contribution is 2.21. The Morgan fingerprint density at radius 1 is 1.00 bits per heavy atom. The Balaban J connectivity index is 1.83. The molecule has 0 aliphatic heterocycles. The lowest BCUT2D eigenvalue weighted by molar-refractivity contribution is 0.601. The number of aromatic nitrogens is 2. The minimum absolute atomic E-state index is 0.232. The van der Waals surface area contributed by atoms with Crippen molar-refractivity contribution < 1.29 is 8.42 Å². The second-order valence-corrected chi connectivity index (χ2v) is 7.35. The molecule has 3 aromatic rings.